The molecule has 0 aliphatic heterocycles. The highest BCUT2D eigenvalue weighted by molar-refractivity contribution is 6.31. The molecule has 0 fully saturated rings. The fraction of sp³-hybridized carbons (Fsp3) is 0.0714. The predicted octanol–water partition coefficient (Wildman–Crippen LogP) is 5.35. The van der Waals surface area contributed by atoms with Gasteiger partial charge in [0.25, 0.3) is 0 Å². The average Bonchev–Trinajstić information content (AvgIpc) is 2.80. The molecule has 0 saturated heterocycles. The van der Waals surface area contributed by atoms with Crippen LogP contribution in [-0.4, -0.2) is 9.55 Å². The molecule has 0 spiro atoms. The third-order valence-electron chi connectivity index (χ3n) is 3.05. The van der Waals surface area contributed by atoms with Gasteiger partial charge >= 0.3 is 0 Å². The summed E-state index contributed by atoms with van der Waals surface area (Å²) in [7, 11) is 0. The molecule has 0 unspecified atom stereocenters. The van der Waals surface area contributed by atoms with Crippen LogP contribution in [0.25, 0.3) is 16.7 Å². The first kappa shape index (κ1) is 14.6. The van der Waals surface area contributed by atoms with Crippen LogP contribution in [0.3, 0.4) is 0 Å². The lowest BCUT2D eigenvalue weighted by molar-refractivity contribution is 0.626. The van der Waals surface area contributed by atoms with Crippen molar-refractivity contribution in [1.29, 1.82) is 0 Å². The Labute approximate surface area is 133 Å². The number of rotatable bonds is 2. The van der Waals surface area contributed by atoms with E-state index in [1.165, 1.54) is 24.3 Å². The summed E-state index contributed by atoms with van der Waals surface area (Å²) in [6, 6.07) is 6.92. The van der Waals surface area contributed by atoms with E-state index in [-0.39, 0.29) is 15.9 Å². The Kier molecular flexibility index (Phi) is 3.78. The van der Waals surface area contributed by atoms with Gasteiger partial charge < -0.3 is 0 Å². The average molecular weight is 348 g/mol. The first-order valence-corrected chi connectivity index (χ1v) is 7.18. The lowest BCUT2D eigenvalue weighted by Crippen LogP contribution is -2.00. The van der Waals surface area contributed by atoms with Crippen LogP contribution in [0.2, 0.25) is 10.0 Å². The Hall–Kier alpha value is -1.36. The lowest BCUT2D eigenvalue weighted by atomic mass is 10.2. The first-order chi connectivity index (χ1) is 10.0. The summed E-state index contributed by atoms with van der Waals surface area (Å²) in [5, 5.41) is -0.0274. The largest absolute Gasteiger partial charge is 0.295 e. The van der Waals surface area contributed by atoms with E-state index in [0.29, 0.717) is 22.5 Å². The Bertz CT molecular complexity index is 846. The van der Waals surface area contributed by atoms with Crippen molar-refractivity contribution in [3.05, 3.63) is 57.8 Å². The van der Waals surface area contributed by atoms with E-state index in [1.54, 1.807) is 10.6 Å². The fourth-order valence-corrected chi connectivity index (χ4v) is 2.58. The number of imidazole rings is 1. The van der Waals surface area contributed by atoms with Crippen molar-refractivity contribution < 1.29 is 8.78 Å². The van der Waals surface area contributed by atoms with Crippen LogP contribution in [0.4, 0.5) is 8.78 Å². The quantitative estimate of drug-likeness (QED) is 0.571. The molecule has 0 aliphatic carbocycles. The van der Waals surface area contributed by atoms with Crippen molar-refractivity contribution in [3.8, 4) is 5.69 Å². The highest BCUT2D eigenvalue weighted by Gasteiger charge is 2.15. The van der Waals surface area contributed by atoms with Crippen molar-refractivity contribution in [3.63, 3.8) is 0 Å². The number of nitrogens with zero attached hydrogens (tertiary/aromatic N) is 2. The van der Waals surface area contributed by atoms with E-state index in [9.17, 15) is 8.78 Å². The summed E-state index contributed by atoms with van der Waals surface area (Å²) in [4.78, 5) is 4.29. The zero-order chi connectivity index (χ0) is 15.1. The smallest absolute Gasteiger partial charge is 0.144 e. The van der Waals surface area contributed by atoms with Crippen LogP contribution in [0.15, 0.2) is 30.3 Å². The Morgan fingerprint density at radius 3 is 2.38 bits per heavy atom. The maximum Gasteiger partial charge on any atom is 0.144 e. The van der Waals surface area contributed by atoms with Crippen LogP contribution in [-0.2, 0) is 5.88 Å². The number of benzene rings is 2. The molecule has 3 rings (SSSR count). The third kappa shape index (κ3) is 2.48. The van der Waals surface area contributed by atoms with E-state index >= 15 is 0 Å². The zero-order valence-corrected chi connectivity index (χ0v) is 12.6. The molecule has 0 atom stereocenters. The standard InChI is InChI=1S/C14H7Cl3F2N2/c15-6-14-20-12-4-9(17)11(19)5-13(12)21(14)7-1-2-8(16)10(18)3-7/h1-5H,6H2. The number of aromatic nitrogens is 2. The van der Waals surface area contributed by atoms with Gasteiger partial charge in [0, 0.05) is 6.07 Å². The molecule has 3 aromatic rings. The highest BCUT2D eigenvalue weighted by atomic mass is 35.5. The summed E-state index contributed by atoms with van der Waals surface area (Å²) in [6.45, 7) is 0. The SMILES string of the molecule is Fc1cc(-n2c(CCl)nc3cc(Cl)c(F)cc32)ccc1Cl. The van der Waals surface area contributed by atoms with Gasteiger partial charge in [-0.1, -0.05) is 23.2 Å². The number of hydrogen-bond donors (Lipinski definition) is 0. The topological polar surface area (TPSA) is 17.8 Å². The maximum atomic E-state index is 13.7. The number of fused-ring (bicyclic) bond motifs is 1. The zero-order valence-electron chi connectivity index (χ0n) is 10.4. The van der Waals surface area contributed by atoms with Gasteiger partial charge in [-0.25, -0.2) is 13.8 Å². The molecule has 2 nitrogen and oxygen atoms in total. The van der Waals surface area contributed by atoms with Crippen molar-refractivity contribution in [1.82, 2.24) is 9.55 Å². The van der Waals surface area contributed by atoms with E-state index < -0.39 is 11.6 Å². The molecule has 2 aromatic carbocycles. The predicted molar refractivity (Wildman–Crippen MR) is 80.6 cm³/mol. The molecule has 1 heterocycles. The van der Waals surface area contributed by atoms with Gasteiger partial charge in [-0.05, 0) is 24.3 Å². The maximum absolute atomic E-state index is 13.7. The van der Waals surface area contributed by atoms with Crippen molar-refractivity contribution in [2.24, 2.45) is 0 Å². The van der Waals surface area contributed by atoms with E-state index in [4.69, 9.17) is 34.8 Å². The Balaban J connectivity index is 2.34. The summed E-state index contributed by atoms with van der Waals surface area (Å²) in [5.41, 5.74) is 1.39. The number of halogens is 5. The molecule has 108 valence electrons. The molecule has 0 saturated carbocycles. The van der Waals surface area contributed by atoms with Gasteiger partial charge in [0.1, 0.15) is 17.5 Å². The molecule has 0 bridgehead atoms. The van der Waals surface area contributed by atoms with Crippen molar-refractivity contribution in [2.75, 3.05) is 0 Å². The van der Waals surface area contributed by atoms with E-state index in [1.807, 2.05) is 0 Å². The van der Waals surface area contributed by atoms with Crippen molar-refractivity contribution >= 4 is 45.8 Å². The van der Waals surface area contributed by atoms with Gasteiger partial charge in [-0.3, -0.25) is 4.57 Å². The molecule has 0 aliphatic rings. The Morgan fingerprint density at radius 2 is 1.71 bits per heavy atom. The third-order valence-corrected chi connectivity index (χ3v) is 3.88. The van der Waals surface area contributed by atoms with Crippen LogP contribution in [0, 0.1) is 11.6 Å². The molecular weight excluding hydrogens is 341 g/mol. The first-order valence-electron chi connectivity index (χ1n) is 5.89. The molecular formula is C14H7Cl3F2N2. The molecule has 0 N–H and O–H groups in total. The summed E-state index contributed by atoms with van der Waals surface area (Å²) in [6.07, 6.45) is 0. The molecule has 0 amide bonds. The van der Waals surface area contributed by atoms with Gasteiger partial charge in [-0.2, -0.15) is 0 Å². The second-order valence-electron chi connectivity index (χ2n) is 4.35. The molecule has 7 heteroatoms. The second kappa shape index (κ2) is 5.44. The van der Waals surface area contributed by atoms with Crippen LogP contribution in [0.5, 0.6) is 0 Å². The Morgan fingerprint density at radius 1 is 1.00 bits per heavy atom. The van der Waals surface area contributed by atoms with Gasteiger partial charge in [0.05, 0.1) is 32.6 Å². The second-order valence-corrected chi connectivity index (χ2v) is 5.43. The summed E-state index contributed by atoms with van der Waals surface area (Å²) in [5.74, 6) is -0.625. The monoisotopic (exact) mass is 346 g/mol. The molecule has 21 heavy (non-hydrogen) atoms. The van der Waals surface area contributed by atoms with E-state index in [0.717, 1.165) is 0 Å². The minimum Gasteiger partial charge on any atom is -0.295 e. The van der Waals surface area contributed by atoms with Gasteiger partial charge in [0.2, 0.25) is 0 Å². The summed E-state index contributed by atoms with van der Waals surface area (Å²) < 4.78 is 28.9. The normalized spacial score (nSPS) is 11.3. The summed E-state index contributed by atoms with van der Waals surface area (Å²) >= 11 is 17.3. The minimum absolute atomic E-state index is 0.00446. The van der Waals surface area contributed by atoms with Crippen LogP contribution >= 0.6 is 34.8 Å². The lowest BCUT2D eigenvalue weighted by Gasteiger charge is -2.08. The fourth-order valence-electron chi connectivity index (χ4n) is 2.12. The molecule has 0 radical (unpaired) electrons. The minimum atomic E-state index is -0.583. The highest BCUT2D eigenvalue weighted by Crippen LogP contribution is 2.28. The molecule has 1 aromatic heterocycles. The van der Waals surface area contributed by atoms with Gasteiger partial charge in [0.15, 0.2) is 0 Å². The number of alkyl halides is 1. The van der Waals surface area contributed by atoms with Crippen LogP contribution < -0.4 is 0 Å². The van der Waals surface area contributed by atoms with Crippen LogP contribution in [0.1, 0.15) is 5.82 Å². The van der Waals surface area contributed by atoms with Gasteiger partial charge in [-0.15, -0.1) is 11.6 Å². The van der Waals surface area contributed by atoms with Crippen molar-refractivity contribution in [2.45, 2.75) is 5.88 Å². The number of hydrogen-bond acceptors (Lipinski definition) is 1. The van der Waals surface area contributed by atoms with E-state index in [2.05, 4.69) is 4.98 Å².